The molecule has 162 valence electrons. The Hall–Kier alpha value is -3.19. The van der Waals surface area contributed by atoms with Crippen LogP contribution in [0.15, 0.2) is 54.1 Å². The van der Waals surface area contributed by atoms with Crippen molar-refractivity contribution in [2.24, 2.45) is 0 Å². The molecule has 1 unspecified atom stereocenters. The third-order valence-electron chi connectivity index (χ3n) is 5.13. The third kappa shape index (κ3) is 5.11. The van der Waals surface area contributed by atoms with Crippen molar-refractivity contribution in [3.8, 4) is 0 Å². The van der Waals surface area contributed by atoms with Gasteiger partial charge in [0.25, 0.3) is 11.7 Å². The molecule has 1 aliphatic rings. The second kappa shape index (κ2) is 9.75. The first-order valence-electron chi connectivity index (χ1n) is 9.81. The van der Waals surface area contributed by atoms with Crippen LogP contribution in [0.3, 0.4) is 0 Å². The summed E-state index contributed by atoms with van der Waals surface area (Å²) in [4.78, 5) is 37.6. The van der Waals surface area contributed by atoms with E-state index < -0.39 is 29.5 Å². The fraction of sp³-hybridized carbons (Fsp3) is 0.261. The molecule has 1 fully saturated rings. The summed E-state index contributed by atoms with van der Waals surface area (Å²) in [6.07, 6.45) is 1.52. The van der Waals surface area contributed by atoms with Gasteiger partial charge >= 0.3 is 5.97 Å². The summed E-state index contributed by atoms with van der Waals surface area (Å²) in [5.41, 5.74) is 0.738. The molecular formula is C23H21ClFNO5. The molecule has 0 spiro atoms. The molecule has 2 aromatic carbocycles. The van der Waals surface area contributed by atoms with Gasteiger partial charge < -0.3 is 15.1 Å². The van der Waals surface area contributed by atoms with Crippen LogP contribution in [-0.4, -0.2) is 39.3 Å². The molecular weight excluding hydrogens is 425 g/mol. The van der Waals surface area contributed by atoms with E-state index in [1.54, 1.807) is 24.3 Å². The summed E-state index contributed by atoms with van der Waals surface area (Å²) < 4.78 is 13.5. The average molecular weight is 446 g/mol. The van der Waals surface area contributed by atoms with Crippen molar-refractivity contribution in [2.75, 3.05) is 6.54 Å². The molecule has 0 aliphatic carbocycles. The zero-order valence-corrected chi connectivity index (χ0v) is 17.3. The molecule has 1 saturated heterocycles. The lowest BCUT2D eigenvalue weighted by Crippen LogP contribution is -2.30. The largest absolute Gasteiger partial charge is 0.507 e. The van der Waals surface area contributed by atoms with Crippen molar-refractivity contribution in [3.05, 3.63) is 76.1 Å². The minimum Gasteiger partial charge on any atom is -0.507 e. The summed E-state index contributed by atoms with van der Waals surface area (Å²) in [6, 6.07) is 10.7. The van der Waals surface area contributed by atoms with E-state index in [0.717, 1.165) is 0 Å². The van der Waals surface area contributed by atoms with E-state index in [1.165, 1.54) is 29.2 Å². The number of rotatable bonds is 8. The van der Waals surface area contributed by atoms with Crippen molar-refractivity contribution in [1.29, 1.82) is 0 Å². The molecule has 0 aromatic heterocycles. The molecule has 2 aromatic rings. The zero-order chi connectivity index (χ0) is 22.5. The molecule has 31 heavy (non-hydrogen) atoms. The highest BCUT2D eigenvalue weighted by molar-refractivity contribution is 6.46. The maximum absolute atomic E-state index is 13.5. The quantitative estimate of drug-likeness (QED) is 0.269. The number of amides is 1. The van der Waals surface area contributed by atoms with Crippen LogP contribution < -0.4 is 0 Å². The van der Waals surface area contributed by atoms with Crippen molar-refractivity contribution < 1.29 is 29.0 Å². The molecule has 1 atom stereocenters. The number of carbonyl (C=O) groups is 3. The summed E-state index contributed by atoms with van der Waals surface area (Å²) >= 11 is 5.89. The highest BCUT2D eigenvalue weighted by Gasteiger charge is 2.45. The van der Waals surface area contributed by atoms with Gasteiger partial charge in [-0.05, 0) is 54.8 Å². The first-order valence-corrected chi connectivity index (χ1v) is 10.2. The van der Waals surface area contributed by atoms with E-state index in [4.69, 9.17) is 16.7 Å². The Balaban J connectivity index is 1.96. The number of aliphatic hydroxyl groups is 1. The summed E-state index contributed by atoms with van der Waals surface area (Å²) in [6.45, 7) is 0.198. The molecule has 8 heteroatoms. The van der Waals surface area contributed by atoms with Crippen molar-refractivity contribution in [1.82, 2.24) is 4.90 Å². The molecule has 0 saturated carbocycles. The number of hydrogen-bond donors (Lipinski definition) is 2. The maximum Gasteiger partial charge on any atom is 0.303 e. The second-order valence-electron chi connectivity index (χ2n) is 7.26. The van der Waals surface area contributed by atoms with Gasteiger partial charge in [0, 0.05) is 23.6 Å². The average Bonchev–Trinajstić information content (AvgIpc) is 2.99. The number of benzene rings is 2. The van der Waals surface area contributed by atoms with Crippen LogP contribution >= 0.6 is 11.6 Å². The highest BCUT2D eigenvalue weighted by atomic mass is 35.5. The number of carboxylic acid groups (broad SMARTS) is 1. The lowest BCUT2D eigenvalue weighted by Gasteiger charge is -2.25. The van der Waals surface area contributed by atoms with E-state index in [-0.39, 0.29) is 24.3 Å². The van der Waals surface area contributed by atoms with Crippen molar-refractivity contribution in [3.63, 3.8) is 0 Å². The Bertz CT molecular complexity index is 1020. The van der Waals surface area contributed by atoms with Crippen LogP contribution in [0.2, 0.25) is 5.02 Å². The van der Waals surface area contributed by atoms with Gasteiger partial charge in [0.1, 0.15) is 11.6 Å². The number of hydrogen-bond acceptors (Lipinski definition) is 4. The van der Waals surface area contributed by atoms with E-state index in [2.05, 4.69) is 0 Å². The molecule has 3 rings (SSSR count). The number of halogens is 2. The van der Waals surface area contributed by atoms with Crippen molar-refractivity contribution >= 4 is 35.0 Å². The van der Waals surface area contributed by atoms with Gasteiger partial charge in [-0.2, -0.15) is 0 Å². The van der Waals surface area contributed by atoms with Crippen LogP contribution in [0.25, 0.3) is 5.76 Å². The zero-order valence-electron chi connectivity index (χ0n) is 16.6. The number of nitrogens with zero attached hydrogens (tertiary/aromatic N) is 1. The Morgan fingerprint density at radius 1 is 0.968 bits per heavy atom. The summed E-state index contributed by atoms with van der Waals surface area (Å²) in [7, 11) is 0. The summed E-state index contributed by atoms with van der Waals surface area (Å²) in [5.74, 6) is -3.28. The number of unbranched alkanes of at least 4 members (excludes halogenated alkanes) is 2. The minimum absolute atomic E-state index is 0.0246. The number of aliphatic hydroxyl groups excluding tert-OH is 1. The number of likely N-dealkylation sites (tertiary alicyclic amines) is 1. The fourth-order valence-corrected chi connectivity index (χ4v) is 3.73. The van der Waals surface area contributed by atoms with Gasteiger partial charge in [-0.15, -0.1) is 0 Å². The van der Waals surface area contributed by atoms with Gasteiger partial charge in [-0.1, -0.05) is 30.2 Å². The maximum atomic E-state index is 13.5. The molecule has 1 aliphatic heterocycles. The third-order valence-corrected chi connectivity index (χ3v) is 5.38. The number of ketones is 1. The minimum atomic E-state index is -0.894. The molecule has 0 bridgehead atoms. The van der Waals surface area contributed by atoms with Crippen molar-refractivity contribution in [2.45, 2.75) is 31.7 Å². The lowest BCUT2D eigenvalue weighted by molar-refractivity contribution is -0.140. The number of carbonyl (C=O) groups excluding carboxylic acids is 2. The highest BCUT2D eigenvalue weighted by Crippen LogP contribution is 2.39. The van der Waals surface area contributed by atoms with Gasteiger partial charge in [0.05, 0.1) is 11.6 Å². The van der Waals surface area contributed by atoms with Crippen LogP contribution in [0, 0.1) is 5.82 Å². The number of aliphatic carboxylic acids is 1. The Morgan fingerprint density at radius 3 is 2.23 bits per heavy atom. The SMILES string of the molecule is O=C(O)CCCCCN1C(=O)C(=O)/C(=C(\O)c2ccc(Cl)cc2)C1c1ccc(F)cc1. The first-order chi connectivity index (χ1) is 14.8. The normalized spacial score (nSPS) is 17.9. The molecule has 2 N–H and O–H groups in total. The number of carboxylic acids is 1. The second-order valence-corrected chi connectivity index (χ2v) is 7.69. The standard InChI is InChI=1S/C23H21ClFNO5/c24-16-9-5-15(6-10-16)21(29)19-20(14-7-11-17(25)12-8-14)26(23(31)22(19)30)13-3-1-2-4-18(27)28/h5-12,20,29H,1-4,13H2,(H,27,28)/b21-19-. The predicted octanol–water partition coefficient (Wildman–Crippen LogP) is 4.55. The van der Waals surface area contributed by atoms with Crippen LogP contribution in [0.1, 0.15) is 42.9 Å². The molecule has 1 amide bonds. The van der Waals surface area contributed by atoms with Gasteiger partial charge in [-0.3, -0.25) is 14.4 Å². The smallest absolute Gasteiger partial charge is 0.303 e. The van der Waals surface area contributed by atoms with E-state index in [0.29, 0.717) is 35.4 Å². The lowest BCUT2D eigenvalue weighted by atomic mass is 9.95. The topological polar surface area (TPSA) is 94.9 Å². The van der Waals surface area contributed by atoms with E-state index >= 15 is 0 Å². The van der Waals surface area contributed by atoms with E-state index in [1.807, 2.05) is 0 Å². The molecule has 6 nitrogen and oxygen atoms in total. The van der Waals surface area contributed by atoms with Gasteiger partial charge in [-0.25, -0.2) is 4.39 Å². The van der Waals surface area contributed by atoms with Crippen LogP contribution in [0.5, 0.6) is 0 Å². The van der Waals surface area contributed by atoms with Gasteiger partial charge in [0.2, 0.25) is 0 Å². The summed E-state index contributed by atoms with van der Waals surface area (Å²) in [5, 5.41) is 20.1. The first kappa shape index (κ1) is 22.5. The fourth-order valence-electron chi connectivity index (χ4n) is 3.60. The monoisotopic (exact) mass is 445 g/mol. The molecule has 0 radical (unpaired) electrons. The van der Waals surface area contributed by atoms with Crippen LogP contribution in [-0.2, 0) is 14.4 Å². The van der Waals surface area contributed by atoms with E-state index in [9.17, 15) is 23.9 Å². The Kier molecular flexibility index (Phi) is 7.07. The number of Topliss-reactive ketones (excluding diaryl/α,β-unsaturated/α-hetero) is 1. The Morgan fingerprint density at radius 2 is 1.61 bits per heavy atom. The van der Waals surface area contributed by atoms with Crippen LogP contribution in [0.4, 0.5) is 4.39 Å². The van der Waals surface area contributed by atoms with Gasteiger partial charge in [0.15, 0.2) is 0 Å². The molecule has 1 heterocycles. The Labute approximate surface area is 183 Å². The predicted molar refractivity (Wildman–Crippen MR) is 113 cm³/mol.